The number of pyridine rings is 1. The molecule has 0 radical (unpaired) electrons. The molecule has 33 heavy (non-hydrogen) atoms. The van der Waals surface area contributed by atoms with Crippen molar-refractivity contribution in [2.45, 2.75) is 19.9 Å². The topological polar surface area (TPSA) is 69.8 Å². The quantitative estimate of drug-likeness (QED) is 0.459. The lowest BCUT2D eigenvalue weighted by Crippen LogP contribution is -2.46. The number of hydrogen-bond donors (Lipinski definition) is 1. The van der Waals surface area contributed by atoms with Crippen molar-refractivity contribution in [1.29, 1.82) is 0 Å². The number of likely N-dealkylation sites (N-methyl/N-ethyl adjacent to an activating group) is 1. The van der Waals surface area contributed by atoms with Crippen LogP contribution in [0.2, 0.25) is 0 Å². The second kappa shape index (κ2) is 8.24. The average Bonchev–Trinajstić information content (AvgIpc) is 3.15. The molecule has 1 fully saturated rings. The number of halogens is 1. The summed E-state index contributed by atoms with van der Waals surface area (Å²) in [5.74, 6) is -0.380. The molecule has 0 spiro atoms. The van der Waals surface area contributed by atoms with Crippen molar-refractivity contribution in [3.05, 3.63) is 71.0 Å². The van der Waals surface area contributed by atoms with E-state index in [-0.39, 0.29) is 16.9 Å². The average molecular weight is 448 g/mol. The molecule has 170 valence electrons. The van der Waals surface area contributed by atoms with Gasteiger partial charge in [-0.3, -0.25) is 14.7 Å². The number of carbonyl (C=O) groups is 1. The van der Waals surface area contributed by atoms with Crippen LogP contribution in [0.5, 0.6) is 5.75 Å². The van der Waals surface area contributed by atoms with Crippen molar-refractivity contribution in [3.8, 4) is 5.75 Å². The minimum atomic E-state index is -0.529. The second-order valence-electron chi connectivity index (χ2n) is 8.74. The number of furan rings is 1. The number of rotatable bonds is 4. The van der Waals surface area contributed by atoms with E-state index in [0.717, 1.165) is 31.7 Å². The first-order valence-corrected chi connectivity index (χ1v) is 11.1. The first-order valence-electron chi connectivity index (χ1n) is 11.1. The molecule has 1 aliphatic rings. The van der Waals surface area contributed by atoms with Gasteiger partial charge >= 0.3 is 0 Å². The molecule has 0 bridgehead atoms. The Hall–Kier alpha value is -3.29. The monoisotopic (exact) mass is 447 g/mol. The van der Waals surface area contributed by atoms with Gasteiger partial charge in [0.1, 0.15) is 22.9 Å². The maximum absolute atomic E-state index is 15.1. The third-order valence-corrected chi connectivity index (χ3v) is 6.65. The molecule has 6 nitrogen and oxygen atoms in total. The van der Waals surface area contributed by atoms with Gasteiger partial charge in [0.25, 0.3) is 0 Å². The van der Waals surface area contributed by atoms with Crippen LogP contribution >= 0.6 is 0 Å². The molecule has 1 N–H and O–H groups in total. The summed E-state index contributed by atoms with van der Waals surface area (Å²) < 4.78 is 21.2. The molecular weight excluding hydrogens is 421 g/mol. The largest absolute Gasteiger partial charge is 0.507 e. The maximum Gasteiger partial charge on any atom is 0.163 e. The zero-order chi connectivity index (χ0) is 23.3. The van der Waals surface area contributed by atoms with Gasteiger partial charge in [-0.25, -0.2) is 4.39 Å². The van der Waals surface area contributed by atoms with Gasteiger partial charge in [0.2, 0.25) is 0 Å². The highest BCUT2D eigenvalue weighted by molar-refractivity contribution is 6.17. The summed E-state index contributed by atoms with van der Waals surface area (Å²) in [6.07, 6.45) is 3.42. The smallest absolute Gasteiger partial charge is 0.163 e. The third kappa shape index (κ3) is 3.48. The number of aromatic hydroxyl groups is 1. The van der Waals surface area contributed by atoms with Crippen molar-refractivity contribution >= 4 is 27.5 Å². The molecular formula is C26H26FN3O3. The number of ketones is 1. The van der Waals surface area contributed by atoms with Crippen LogP contribution in [0.25, 0.3) is 21.7 Å². The molecule has 2 aromatic carbocycles. The predicted octanol–water partition coefficient (Wildman–Crippen LogP) is 4.67. The van der Waals surface area contributed by atoms with Gasteiger partial charge in [0.05, 0.1) is 17.0 Å². The summed E-state index contributed by atoms with van der Waals surface area (Å²) in [6.45, 7) is 6.46. The first-order chi connectivity index (χ1) is 15.9. The fraction of sp³-hybridized carbons (Fsp3) is 0.308. The van der Waals surface area contributed by atoms with E-state index in [1.807, 2.05) is 12.1 Å². The van der Waals surface area contributed by atoms with Crippen molar-refractivity contribution in [1.82, 2.24) is 14.8 Å². The summed E-state index contributed by atoms with van der Waals surface area (Å²) in [4.78, 5) is 21.4. The molecule has 5 rings (SSSR count). The molecule has 1 atom stereocenters. The van der Waals surface area contributed by atoms with Crippen molar-refractivity contribution in [3.63, 3.8) is 0 Å². The minimum Gasteiger partial charge on any atom is -0.507 e. The number of carbonyl (C=O) groups excluding carboxylic acids is 1. The molecule has 3 heterocycles. The van der Waals surface area contributed by atoms with Crippen LogP contribution in [0, 0.1) is 12.7 Å². The Balaban J connectivity index is 1.91. The Morgan fingerprint density at radius 3 is 2.48 bits per heavy atom. The van der Waals surface area contributed by atoms with Gasteiger partial charge in [-0.15, -0.1) is 0 Å². The van der Waals surface area contributed by atoms with Crippen molar-refractivity contribution in [2.75, 3.05) is 33.2 Å². The number of aromatic nitrogens is 1. The minimum absolute atomic E-state index is 0.108. The van der Waals surface area contributed by atoms with Crippen LogP contribution in [0.15, 0.2) is 47.1 Å². The zero-order valence-corrected chi connectivity index (χ0v) is 18.9. The Kier molecular flexibility index (Phi) is 5.38. The van der Waals surface area contributed by atoms with E-state index in [2.05, 4.69) is 21.8 Å². The number of phenolic OH excluding ortho intramolecular Hbond substituents is 1. The summed E-state index contributed by atoms with van der Waals surface area (Å²) in [7, 11) is 2.08. The van der Waals surface area contributed by atoms with E-state index >= 15 is 4.39 Å². The fourth-order valence-electron chi connectivity index (χ4n) is 5.07. The van der Waals surface area contributed by atoms with Crippen LogP contribution < -0.4 is 0 Å². The number of Topliss-reactive ketones (excluding diaryl/α,β-unsaturated/α-hetero) is 1. The number of benzene rings is 2. The van der Waals surface area contributed by atoms with E-state index in [9.17, 15) is 9.90 Å². The van der Waals surface area contributed by atoms with Gasteiger partial charge in [0, 0.05) is 54.9 Å². The normalized spacial score (nSPS) is 16.5. The Bertz CT molecular complexity index is 1360. The number of phenols is 1. The second-order valence-corrected chi connectivity index (χ2v) is 8.74. The molecule has 0 saturated carbocycles. The van der Waals surface area contributed by atoms with Gasteiger partial charge < -0.3 is 14.4 Å². The predicted molar refractivity (Wildman–Crippen MR) is 125 cm³/mol. The SMILES string of the molecule is CC(=O)c1c(C)oc2c1c(C(c1ccncc1)N1CCN(C)CC1)c(O)c1c(F)cccc12. The van der Waals surface area contributed by atoms with Crippen LogP contribution in [0.3, 0.4) is 0 Å². The molecule has 0 aliphatic carbocycles. The zero-order valence-electron chi connectivity index (χ0n) is 18.9. The number of hydrogen-bond acceptors (Lipinski definition) is 6. The number of nitrogens with zero attached hydrogens (tertiary/aromatic N) is 3. The van der Waals surface area contributed by atoms with Gasteiger partial charge in [0.15, 0.2) is 5.78 Å². The lowest BCUT2D eigenvalue weighted by Gasteiger charge is -2.39. The molecule has 1 unspecified atom stereocenters. The molecule has 7 heteroatoms. The van der Waals surface area contributed by atoms with E-state index in [4.69, 9.17) is 4.42 Å². The van der Waals surface area contributed by atoms with Crippen LogP contribution in [-0.4, -0.2) is 58.9 Å². The highest BCUT2D eigenvalue weighted by atomic mass is 19.1. The van der Waals surface area contributed by atoms with Gasteiger partial charge in [-0.2, -0.15) is 0 Å². The molecule has 2 aromatic heterocycles. The Labute approximate surface area is 191 Å². The maximum atomic E-state index is 15.1. The standard InChI is InChI=1S/C26H26FN3O3/c1-15(31)20-16(2)33-26-18-5-4-6-19(27)21(18)25(32)23(22(20)26)24(17-7-9-28-10-8-17)30-13-11-29(3)12-14-30/h4-10,24,32H,11-14H2,1-3H3. The van der Waals surface area contributed by atoms with Crippen LogP contribution in [-0.2, 0) is 0 Å². The van der Waals surface area contributed by atoms with E-state index in [1.54, 1.807) is 31.5 Å². The van der Waals surface area contributed by atoms with Crippen LogP contribution in [0.1, 0.15) is 40.2 Å². The van der Waals surface area contributed by atoms with Crippen molar-refractivity contribution < 1.29 is 18.7 Å². The lowest BCUT2D eigenvalue weighted by atomic mass is 9.88. The summed E-state index contributed by atoms with van der Waals surface area (Å²) in [6, 6.07) is 8.04. The number of fused-ring (bicyclic) bond motifs is 3. The van der Waals surface area contributed by atoms with Gasteiger partial charge in [-0.05, 0) is 44.7 Å². The summed E-state index contributed by atoms with van der Waals surface area (Å²) in [5, 5.41) is 12.7. The Morgan fingerprint density at radius 2 is 1.82 bits per heavy atom. The van der Waals surface area contributed by atoms with Crippen molar-refractivity contribution in [2.24, 2.45) is 0 Å². The molecule has 0 amide bonds. The van der Waals surface area contributed by atoms with Gasteiger partial charge in [-0.1, -0.05) is 12.1 Å². The van der Waals surface area contributed by atoms with E-state index in [0.29, 0.717) is 33.2 Å². The molecule has 1 aliphatic heterocycles. The van der Waals surface area contributed by atoms with E-state index < -0.39 is 11.9 Å². The highest BCUT2D eigenvalue weighted by Crippen LogP contribution is 2.48. The first kappa shape index (κ1) is 21.6. The molecule has 4 aromatic rings. The summed E-state index contributed by atoms with van der Waals surface area (Å²) >= 11 is 0. The Morgan fingerprint density at radius 1 is 1.12 bits per heavy atom. The number of piperazine rings is 1. The fourth-order valence-corrected chi connectivity index (χ4v) is 5.07. The summed E-state index contributed by atoms with van der Waals surface area (Å²) in [5.41, 5.74) is 2.26. The lowest BCUT2D eigenvalue weighted by molar-refractivity contribution is 0.101. The third-order valence-electron chi connectivity index (χ3n) is 6.65. The number of aryl methyl sites for hydroxylation is 1. The van der Waals surface area contributed by atoms with E-state index in [1.165, 1.54) is 13.0 Å². The van der Waals surface area contributed by atoms with Crippen LogP contribution in [0.4, 0.5) is 4.39 Å². The molecule has 1 saturated heterocycles. The highest BCUT2D eigenvalue weighted by Gasteiger charge is 2.34.